The predicted molar refractivity (Wildman–Crippen MR) is 82.6 cm³/mol. The largest absolute Gasteiger partial charge is 0.454 e. The van der Waals surface area contributed by atoms with Gasteiger partial charge in [0.25, 0.3) is 0 Å². The number of rotatable bonds is 3. The van der Waals surface area contributed by atoms with Crippen LogP contribution in [-0.2, 0) is 11.3 Å². The van der Waals surface area contributed by atoms with E-state index in [-0.39, 0.29) is 18.1 Å². The molecule has 5 nitrogen and oxygen atoms in total. The lowest BCUT2D eigenvalue weighted by molar-refractivity contribution is -0.128. The van der Waals surface area contributed by atoms with Crippen LogP contribution in [0, 0.1) is 0 Å². The fraction of sp³-hybridized carbons (Fsp3) is 0.250. The monoisotopic (exact) mass is 314 g/mol. The van der Waals surface area contributed by atoms with Crippen molar-refractivity contribution in [2.45, 2.75) is 11.9 Å². The number of hydrogen-bond donors (Lipinski definition) is 0. The van der Waals surface area contributed by atoms with Gasteiger partial charge in [0.1, 0.15) is 5.37 Å². The van der Waals surface area contributed by atoms with Gasteiger partial charge in [0.15, 0.2) is 11.5 Å². The molecule has 0 N–H and O–H groups in total. The number of pyridine rings is 1. The van der Waals surface area contributed by atoms with Crippen LogP contribution in [0.1, 0.15) is 16.5 Å². The van der Waals surface area contributed by atoms with E-state index in [4.69, 9.17) is 9.47 Å². The number of hydrogen-bond acceptors (Lipinski definition) is 5. The fourth-order valence-electron chi connectivity index (χ4n) is 2.66. The molecule has 1 unspecified atom stereocenters. The average molecular weight is 314 g/mol. The van der Waals surface area contributed by atoms with Gasteiger partial charge in [-0.15, -0.1) is 11.8 Å². The van der Waals surface area contributed by atoms with Crippen LogP contribution in [0.3, 0.4) is 0 Å². The number of benzene rings is 1. The van der Waals surface area contributed by atoms with Crippen LogP contribution in [0.2, 0.25) is 0 Å². The first kappa shape index (κ1) is 13.5. The van der Waals surface area contributed by atoms with Gasteiger partial charge in [-0.2, -0.15) is 0 Å². The second-order valence-electron chi connectivity index (χ2n) is 5.16. The summed E-state index contributed by atoms with van der Waals surface area (Å²) in [6, 6.07) is 9.72. The lowest BCUT2D eigenvalue weighted by Gasteiger charge is -2.24. The number of carbonyl (C=O) groups excluding carboxylic acids is 1. The highest BCUT2D eigenvalue weighted by Gasteiger charge is 2.33. The van der Waals surface area contributed by atoms with E-state index in [0.29, 0.717) is 12.3 Å². The highest BCUT2D eigenvalue weighted by atomic mass is 32.2. The zero-order valence-corrected chi connectivity index (χ0v) is 12.6. The van der Waals surface area contributed by atoms with E-state index < -0.39 is 0 Å². The van der Waals surface area contributed by atoms with Crippen molar-refractivity contribution in [1.82, 2.24) is 9.88 Å². The quantitative estimate of drug-likeness (QED) is 0.871. The first-order chi connectivity index (χ1) is 10.8. The Labute approximate surface area is 132 Å². The molecular weight excluding hydrogens is 300 g/mol. The van der Waals surface area contributed by atoms with Crippen molar-refractivity contribution in [3.63, 3.8) is 0 Å². The highest BCUT2D eigenvalue weighted by Crippen LogP contribution is 2.40. The summed E-state index contributed by atoms with van der Waals surface area (Å²) in [7, 11) is 0. The maximum absolute atomic E-state index is 12.2. The summed E-state index contributed by atoms with van der Waals surface area (Å²) in [6.45, 7) is 0.817. The zero-order chi connectivity index (χ0) is 14.9. The number of carbonyl (C=O) groups is 1. The number of nitrogens with zero attached hydrogens (tertiary/aromatic N) is 2. The molecule has 1 fully saturated rings. The SMILES string of the molecule is O=C1CSC(c2cccnc2)N1Cc1ccc2c(c1)OCO2. The lowest BCUT2D eigenvalue weighted by Crippen LogP contribution is -2.27. The van der Waals surface area contributed by atoms with E-state index in [2.05, 4.69) is 4.98 Å². The number of ether oxygens (including phenoxy) is 2. The molecule has 4 rings (SSSR count). The number of fused-ring (bicyclic) bond motifs is 1. The van der Waals surface area contributed by atoms with Gasteiger partial charge in [-0.1, -0.05) is 12.1 Å². The van der Waals surface area contributed by atoms with Gasteiger partial charge in [-0.3, -0.25) is 9.78 Å². The zero-order valence-electron chi connectivity index (χ0n) is 11.8. The van der Waals surface area contributed by atoms with E-state index in [9.17, 15) is 4.79 Å². The molecule has 1 saturated heterocycles. The molecule has 112 valence electrons. The number of amides is 1. The van der Waals surface area contributed by atoms with Crippen LogP contribution in [0.5, 0.6) is 11.5 Å². The van der Waals surface area contributed by atoms with Crippen molar-refractivity contribution in [2.75, 3.05) is 12.5 Å². The summed E-state index contributed by atoms with van der Waals surface area (Å²) in [5.41, 5.74) is 2.09. The lowest BCUT2D eigenvalue weighted by atomic mass is 10.1. The second kappa shape index (κ2) is 5.53. The third-order valence-electron chi connectivity index (χ3n) is 3.73. The first-order valence-corrected chi connectivity index (χ1v) is 8.06. The molecule has 0 aliphatic carbocycles. The first-order valence-electron chi connectivity index (χ1n) is 7.01. The average Bonchev–Trinajstić information content (AvgIpc) is 3.15. The molecule has 0 bridgehead atoms. The Hall–Kier alpha value is -2.21. The van der Waals surface area contributed by atoms with Crippen LogP contribution >= 0.6 is 11.8 Å². The summed E-state index contributed by atoms with van der Waals surface area (Å²) in [5, 5.41) is 0.0200. The predicted octanol–water partition coefficient (Wildman–Crippen LogP) is 2.58. The minimum Gasteiger partial charge on any atom is -0.454 e. The Morgan fingerprint density at radius 1 is 1.27 bits per heavy atom. The van der Waals surface area contributed by atoms with Crippen molar-refractivity contribution in [1.29, 1.82) is 0 Å². The van der Waals surface area contributed by atoms with Crippen LogP contribution in [0.4, 0.5) is 0 Å². The van der Waals surface area contributed by atoms with Crippen molar-refractivity contribution in [3.8, 4) is 11.5 Å². The minimum atomic E-state index is 0.0200. The van der Waals surface area contributed by atoms with Gasteiger partial charge in [0, 0.05) is 24.5 Å². The summed E-state index contributed by atoms with van der Waals surface area (Å²) >= 11 is 1.64. The molecule has 22 heavy (non-hydrogen) atoms. The molecule has 6 heteroatoms. The van der Waals surface area contributed by atoms with Gasteiger partial charge >= 0.3 is 0 Å². The molecule has 1 atom stereocenters. The molecule has 2 aliphatic heterocycles. The Kier molecular flexibility index (Phi) is 3.38. The summed E-state index contributed by atoms with van der Waals surface area (Å²) in [4.78, 5) is 18.3. The minimum absolute atomic E-state index is 0.0200. The van der Waals surface area contributed by atoms with E-state index in [1.165, 1.54) is 0 Å². The molecule has 0 saturated carbocycles. The fourth-order valence-corrected chi connectivity index (χ4v) is 3.83. The Morgan fingerprint density at radius 2 is 2.18 bits per heavy atom. The van der Waals surface area contributed by atoms with E-state index in [1.54, 1.807) is 18.0 Å². The number of thioether (sulfide) groups is 1. The molecule has 0 radical (unpaired) electrons. The summed E-state index contributed by atoms with van der Waals surface area (Å²) in [5.74, 6) is 2.16. The van der Waals surface area contributed by atoms with E-state index in [0.717, 1.165) is 22.6 Å². The molecule has 0 spiro atoms. The molecule has 2 aromatic rings. The van der Waals surface area contributed by atoms with Gasteiger partial charge in [0.05, 0.1) is 5.75 Å². The normalized spacial score (nSPS) is 19.7. The molecule has 3 heterocycles. The Balaban J connectivity index is 1.59. The van der Waals surface area contributed by atoms with Crippen LogP contribution < -0.4 is 9.47 Å². The van der Waals surface area contributed by atoms with E-state index >= 15 is 0 Å². The molecule has 1 amide bonds. The Morgan fingerprint density at radius 3 is 3.05 bits per heavy atom. The molecule has 2 aliphatic rings. The van der Waals surface area contributed by atoms with Crippen molar-refractivity contribution < 1.29 is 14.3 Å². The molecular formula is C16H14N2O3S. The summed E-state index contributed by atoms with van der Waals surface area (Å²) < 4.78 is 10.7. The smallest absolute Gasteiger partial charge is 0.234 e. The second-order valence-corrected chi connectivity index (χ2v) is 6.23. The molecule has 1 aromatic carbocycles. The van der Waals surface area contributed by atoms with E-state index in [1.807, 2.05) is 41.4 Å². The van der Waals surface area contributed by atoms with Gasteiger partial charge < -0.3 is 14.4 Å². The standard InChI is InChI=1S/C16H14N2O3S/c19-15-9-22-16(12-2-1-5-17-7-12)18(15)8-11-3-4-13-14(6-11)21-10-20-13/h1-7,16H,8-10H2. The van der Waals surface area contributed by atoms with Gasteiger partial charge in [-0.05, 0) is 23.8 Å². The number of aromatic nitrogens is 1. The van der Waals surface area contributed by atoms with Crippen molar-refractivity contribution in [2.24, 2.45) is 0 Å². The van der Waals surface area contributed by atoms with Crippen molar-refractivity contribution >= 4 is 17.7 Å². The molecule has 1 aromatic heterocycles. The Bertz CT molecular complexity index is 708. The third-order valence-corrected chi connectivity index (χ3v) is 4.98. The highest BCUT2D eigenvalue weighted by molar-refractivity contribution is 8.00. The maximum atomic E-state index is 12.2. The maximum Gasteiger partial charge on any atom is 0.234 e. The third kappa shape index (κ3) is 2.39. The van der Waals surface area contributed by atoms with Crippen LogP contribution in [0.25, 0.3) is 0 Å². The van der Waals surface area contributed by atoms with Gasteiger partial charge in [-0.25, -0.2) is 0 Å². The van der Waals surface area contributed by atoms with Crippen molar-refractivity contribution in [3.05, 3.63) is 53.9 Å². The van der Waals surface area contributed by atoms with Crippen LogP contribution in [-0.4, -0.2) is 28.3 Å². The topological polar surface area (TPSA) is 51.7 Å². The van der Waals surface area contributed by atoms with Gasteiger partial charge in [0.2, 0.25) is 12.7 Å². The van der Waals surface area contributed by atoms with Crippen LogP contribution in [0.15, 0.2) is 42.7 Å². The summed E-state index contributed by atoms with van der Waals surface area (Å²) in [6.07, 6.45) is 3.57.